The van der Waals surface area contributed by atoms with Gasteiger partial charge in [-0.15, -0.1) is 11.3 Å². The molecule has 0 bridgehead atoms. The van der Waals surface area contributed by atoms with Crippen LogP contribution in [-0.2, 0) is 6.54 Å². The zero-order valence-corrected chi connectivity index (χ0v) is 12.7. The summed E-state index contributed by atoms with van der Waals surface area (Å²) < 4.78 is 13.2. The average molecular weight is 318 g/mol. The molecule has 0 unspecified atom stereocenters. The summed E-state index contributed by atoms with van der Waals surface area (Å²) in [5.41, 5.74) is 3.17. The van der Waals surface area contributed by atoms with Crippen molar-refractivity contribution in [1.82, 2.24) is 0 Å². The van der Waals surface area contributed by atoms with Gasteiger partial charge < -0.3 is 5.32 Å². The molecule has 0 saturated carbocycles. The predicted molar refractivity (Wildman–Crippen MR) is 88.5 cm³/mol. The van der Waals surface area contributed by atoms with Gasteiger partial charge in [0, 0.05) is 22.7 Å². The average Bonchev–Trinajstić information content (AvgIpc) is 3.03. The van der Waals surface area contributed by atoms with Crippen molar-refractivity contribution in [1.29, 1.82) is 0 Å². The minimum atomic E-state index is -0.389. The van der Waals surface area contributed by atoms with Crippen LogP contribution in [0.2, 0.25) is 5.02 Å². The lowest BCUT2D eigenvalue weighted by Gasteiger charge is -2.11. The highest BCUT2D eigenvalue weighted by atomic mass is 35.5. The van der Waals surface area contributed by atoms with Crippen LogP contribution in [0, 0.1) is 5.82 Å². The highest BCUT2D eigenvalue weighted by molar-refractivity contribution is 7.13. The first-order valence-corrected chi connectivity index (χ1v) is 7.80. The second-order valence-electron chi connectivity index (χ2n) is 4.62. The van der Waals surface area contributed by atoms with Gasteiger partial charge in [-0.05, 0) is 35.2 Å². The molecule has 3 aromatic rings. The first-order valence-electron chi connectivity index (χ1n) is 6.55. The highest BCUT2D eigenvalue weighted by Crippen LogP contribution is 2.31. The van der Waals surface area contributed by atoms with Crippen molar-refractivity contribution >= 4 is 28.6 Å². The minimum absolute atomic E-state index is 0.154. The van der Waals surface area contributed by atoms with Crippen molar-refractivity contribution in [3.8, 4) is 10.4 Å². The molecular weight excluding hydrogens is 305 g/mol. The molecule has 0 saturated heterocycles. The fourth-order valence-electron chi connectivity index (χ4n) is 2.13. The maximum atomic E-state index is 13.2. The lowest BCUT2D eigenvalue weighted by Crippen LogP contribution is -2.00. The van der Waals surface area contributed by atoms with Crippen molar-refractivity contribution in [3.63, 3.8) is 0 Å². The van der Waals surface area contributed by atoms with Crippen LogP contribution >= 0.6 is 22.9 Å². The molecule has 0 fully saturated rings. The third-order valence-electron chi connectivity index (χ3n) is 3.18. The Bertz CT molecular complexity index is 740. The Kier molecular flexibility index (Phi) is 4.23. The van der Waals surface area contributed by atoms with Crippen LogP contribution in [0.5, 0.6) is 0 Å². The maximum absolute atomic E-state index is 13.2. The fraction of sp³-hybridized carbons (Fsp3) is 0.0588. The van der Waals surface area contributed by atoms with E-state index in [1.54, 1.807) is 23.5 Å². The first kappa shape index (κ1) is 14.1. The van der Waals surface area contributed by atoms with Crippen LogP contribution in [0.15, 0.2) is 60.0 Å². The van der Waals surface area contributed by atoms with Crippen LogP contribution in [-0.4, -0.2) is 0 Å². The molecule has 0 amide bonds. The smallest absolute Gasteiger partial charge is 0.141 e. The summed E-state index contributed by atoms with van der Waals surface area (Å²) in [6.45, 7) is 0.600. The molecule has 3 rings (SSSR count). The quantitative estimate of drug-likeness (QED) is 0.639. The molecule has 1 nitrogen and oxygen atoms in total. The van der Waals surface area contributed by atoms with E-state index in [1.165, 1.54) is 16.5 Å². The monoisotopic (exact) mass is 317 g/mol. The van der Waals surface area contributed by atoms with Gasteiger partial charge >= 0.3 is 0 Å². The molecule has 0 atom stereocenters. The molecule has 0 aliphatic rings. The molecule has 1 N–H and O–H groups in total. The number of anilines is 1. The van der Waals surface area contributed by atoms with Gasteiger partial charge in [-0.2, -0.15) is 0 Å². The van der Waals surface area contributed by atoms with Gasteiger partial charge in [-0.1, -0.05) is 41.9 Å². The third-order valence-corrected chi connectivity index (χ3v) is 4.37. The number of para-hydroxylation sites is 1. The zero-order chi connectivity index (χ0) is 14.7. The first-order chi connectivity index (χ1) is 10.2. The van der Waals surface area contributed by atoms with E-state index in [4.69, 9.17) is 11.6 Å². The SMILES string of the molecule is Fc1ccc(CNc2ccccc2-c2cccs2)cc1Cl. The van der Waals surface area contributed by atoms with E-state index in [9.17, 15) is 4.39 Å². The number of thiophene rings is 1. The maximum Gasteiger partial charge on any atom is 0.141 e. The molecular formula is C17H13ClFNS. The van der Waals surface area contributed by atoms with Gasteiger partial charge in [0.25, 0.3) is 0 Å². The number of hydrogen-bond acceptors (Lipinski definition) is 2. The number of halogens is 2. The molecule has 0 aliphatic heterocycles. The number of rotatable bonds is 4. The Balaban J connectivity index is 1.81. The van der Waals surface area contributed by atoms with Crippen LogP contribution < -0.4 is 5.32 Å². The second-order valence-corrected chi connectivity index (χ2v) is 5.98. The summed E-state index contributed by atoms with van der Waals surface area (Å²) in [6.07, 6.45) is 0. The molecule has 0 aliphatic carbocycles. The van der Waals surface area contributed by atoms with Gasteiger partial charge in [-0.25, -0.2) is 4.39 Å². The summed E-state index contributed by atoms with van der Waals surface area (Å²) in [6, 6.07) is 17.1. The van der Waals surface area contributed by atoms with E-state index in [0.717, 1.165) is 11.3 Å². The van der Waals surface area contributed by atoms with Gasteiger partial charge in [0.05, 0.1) is 5.02 Å². The number of benzene rings is 2. The van der Waals surface area contributed by atoms with Crippen LogP contribution in [0.25, 0.3) is 10.4 Å². The van der Waals surface area contributed by atoms with Crippen molar-refractivity contribution in [2.75, 3.05) is 5.32 Å². The summed E-state index contributed by atoms with van der Waals surface area (Å²) in [4.78, 5) is 1.22. The summed E-state index contributed by atoms with van der Waals surface area (Å²) in [5, 5.41) is 5.61. The molecule has 0 radical (unpaired) electrons. The second kappa shape index (κ2) is 6.29. The Morgan fingerprint density at radius 1 is 1.05 bits per heavy atom. The van der Waals surface area contributed by atoms with E-state index in [-0.39, 0.29) is 10.8 Å². The van der Waals surface area contributed by atoms with E-state index in [1.807, 2.05) is 24.3 Å². The van der Waals surface area contributed by atoms with Gasteiger partial charge in [0.2, 0.25) is 0 Å². The molecule has 4 heteroatoms. The molecule has 106 valence electrons. The molecule has 0 spiro atoms. The normalized spacial score (nSPS) is 10.6. The van der Waals surface area contributed by atoms with E-state index in [0.29, 0.717) is 6.54 Å². The van der Waals surface area contributed by atoms with Crippen molar-refractivity contribution < 1.29 is 4.39 Å². The minimum Gasteiger partial charge on any atom is -0.380 e. The Labute approximate surface area is 132 Å². The molecule has 21 heavy (non-hydrogen) atoms. The van der Waals surface area contributed by atoms with Gasteiger partial charge in [-0.3, -0.25) is 0 Å². The summed E-state index contributed by atoms with van der Waals surface area (Å²) >= 11 is 7.51. The lowest BCUT2D eigenvalue weighted by molar-refractivity contribution is 0.627. The summed E-state index contributed by atoms with van der Waals surface area (Å²) in [7, 11) is 0. The largest absolute Gasteiger partial charge is 0.380 e. The summed E-state index contributed by atoms with van der Waals surface area (Å²) in [5.74, 6) is -0.389. The topological polar surface area (TPSA) is 12.0 Å². The van der Waals surface area contributed by atoms with Gasteiger partial charge in [0.15, 0.2) is 0 Å². The van der Waals surface area contributed by atoms with Crippen LogP contribution in [0.3, 0.4) is 0 Å². The third kappa shape index (κ3) is 3.26. The Morgan fingerprint density at radius 2 is 1.90 bits per heavy atom. The number of nitrogens with one attached hydrogen (secondary N) is 1. The highest BCUT2D eigenvalue weighted by Gasteiger charge is 2.06. The Morgan fingerprint density at radius 3 is 2.67 bits per heavy atom. The number of hydrogen-bond donors (Lipinski definition) is 1. The molecule has 1 heterocycles. The van der Waals surface area contributed by atoms with Crippen LogP contribution in [0.4, 0.5) is 10.1 Å². The van der Waals surface area contributed by atoms with Crippen LogP contribution in [0.1, 0.15) is 5.56 Å². The predicted octanol–water partition coefficient (Wildman–Crippen LogP) is 5.82. The van der Waals surface area contributed by atoms with Gasteiger partial charge in [0.1, 0.15) is 5.82 Å². The van der Waals surface area contributed by atoms with Crippen molar-refractivity contribution in [2.45, 2.75) is 6.54 Å². The fourth-order valence-corrected chi connectivity index (χ4v) is 3.10. The lowest BCUT2D eigenvalue weighted by atomic mass is 10.1. The molecule has 2 aromatic carbocycles. The van der Waals surface area contributed by atoms with E-state index in [2.05, 4.69) is 22.8 Å². The Hall–Kier alpha value is -1.84. The van der Waals surface area contributed by atoms with E-state index >= 15 is 0 Å². The molecule has 1 aromatic heterocycles. The van der Waals surface area contributed by atoms with Crippen molar-refractivity contribution in [2.24, 2.45) is 0 Å². The standard InChI is InChI=1S/C17H13ClFNS/c18-14-10-12(7-8-15(14)19)11-20-16-5-2-1-4-13(16)17-6-3-9-21-17/h1-10,20H,11H2. The van der Waals surface area contributed by atoms with E-state index < -0.39 is 0 Å². The zero-order valence-electron chi connectivity index (χ0n) is 11.1. The van der Waals surface area contributed by atoms with Crippen molar-refractivity contribution in [3.05, 3.63) is 76.4 Å².